The number of hydrogen-bond acceptors (Lipinski definition) is 5. The third-order valence-electron chi connectivity index (χ3n) is 10.5. The van der Waals surface area contributed by atoms with Crippen molar-refractivity contribution in [2.24, 2.45) is 17.3 Å². The SMILES string of the molecule is C[C@]12C[C@H](Oc3ccc([N+](=O)[O-])c(F)c3)[C@@H]3c4ccc(OCc5ccccc5)cc4CC[C@H]3[C@@H]1CC[C@@H]2OCc1ccccc1. The van der Waals surface area contributed by atoms with Crippen LogP contribution in [0.5, 0.6) is 11.5 Å². The van der Waals surface area contributed by atoms with Crippen molar-refractivity contribution in [3.05, 3.63) is 135 Å². The zero-order valence-electron chi connectivity index (χ0n) is 25.4. The number of aryl methyl sites for hydroxylation is 1. The molecule has 3 aliphatic carbocycles. The molecular weight excluding hydrogens is 569 g/mol. The highest BCUT2D eigenvalue weighted by Crippen LogP contribution is 2.62. The zero-order valence-corrected chi connectivity index (χ0v) is 25.4. The van der Waals surface area contributed by atoms with Crippen molar-refractivity contribution in [1.82, 2.24) is 0 Å². The minimum absolute atomic E-state index is 0.0820. The minimum atomic E-state index is -0.886. The predicted molar refractivity (Wildman–Crippen MR) is 170 cm³/mol. The van der Waals surface area contributed by atoms with Gasteiger partial charge < -0.3 is 14.2 Å². The first-order valence-corrected chi connectivity index (χ1v) is 15.9. The van der Waals surface area contributed by atoms with Crippen LogP contribution in [0.15, 0.2) is 97.1 Å². The molecule has 2 fully saturated rings. The number of fused-ring (bicyclic) bond motifs is 5. The molecule has 0 aromatic heterocycles. The molecule has 4 aromatic rings. The van der Waals surface area contributed by atoms with E-state index in [4.69, 9.17) is 14.2 Å². The van der Waals surface area contributed by atoms with Gasteiger partial charge in [-0.2, -0.15) is 4.39 Å². The van der Waals surface area contributed by atoms with Gasteiger partial charge in [0.25, 0.3) is 0 Å². The van der Waals surface area contributed by atoms with E-state index in [1.54, 1.807) is 0 Å². The summed E-state index contributed by atoms with van der Waals surface area (Å²) < 4.78 is 34.2. The van der Waals surface area contributed by atoms with Crippen LogP contribution in [-0.2, 0) is 24.4 Å². The van der Waals surface area contributed by atoms with E-state index < -0.39 is 16.4 Å². The minimum Gasteiger partial charge on any atom is -0.490 e. The van der Waals surface area contributed by atoms with Gasteiger partial charge in [0.2, 0.25) is 5.82 Å². The summed E-state index contributed by atoms with van der Waals surface area (Å²) in [5.41, 5.74) is 4.15. The molecule has 45 heavy (non-hydrogen) atoms. The van der Waals surface area contributed by atoms with E-state index in [9.17, 15) is 14.5 Å². The number of benzene rings is 4. The third kappa shape index (κ3) is 5.82. The van der Waals surface area contributed by atoms with Gasteiger partial charge in [-0.05, 0) is 84.4 Å². The fourth-order valence-electron chi connectivity index (χ4n) is 8.43. The van der Waals surface area contributed by atoms with Crippen LogP contribution >= 0.6 is 0 Å². The summed E-state index contributed by atoms with van der Waals surface area (Å²) in [6, 6.07) is 30.7. The number of halogens is 1. The van der Waals surface area contributed by atoms with Crippen molar-refractivity contribution in [3.63, 3.8) is 0 Å². The fourth-order valence-corrected chi connectivity index (χ4v) is 8.43. The van der Waals surface area contributed by atoms with Crippen molar-refractivity contribution in [2.45, 2.75) is 70.4 Å². The summed E-state index contributed by atoms with van der Waals surface area (Å²) in [5.74, 6) is 1.24. The number of nitro benzene ring substituents is 1. The van der Waals surface area contributed by atoms with Crippen LogP contribution in [0.4, 0.5) is 10.1 Å². The van der Waals surface area contributed by atoms with Gasteiger partial charge >= 0.3 is 5.69 Å². The number of rotatable bonds is 9. The molecule has 0 aliphatic heterocycles. The lowest BCUT2D eigenvalue weighted by molar-refractivity contribution is -0.387. The molecule has 0 radical (unpaired) electrons. The summed E-state index contributed by atoms with van der Waals surface area (Å²) in [7, 11) is 0. The quantitative estimate of drug-likeness (QED) is 0.140. The highest BCUT2D eigenvalue weighted by molar-refractivity contribution is 5.43. The topological polar surface area (TPSA) is 70.8 Å². The molecular formula is C38H38FNO5. The van der Waals surface area contributed by atoms with Crippen molar-refractivity contribution in [3.8, 4) is 11.5 Å². The van der Waals surface area contributed by atoms with E-state index in [2.05, 4.69) is 49.4 Å². The Labute approximate surface area is 263 Å². The Morgan fingerprint density at radius 1 is 0.867 bits per heavy atom. The summed E-state index contributed by atoms with van der Waals surface area (Å²) >= 11 is 0. The molecule has 0 amide bonds. The molecule has 0 spiro atoms. The normalized spacial score (nSPS) is 26.8. The first kappa shape index (κ1) is 29.5. The smallest absolute Gasteiger partial charge is 0.305 e. The van der Waals surface area contributed by atoms with Crippen molar-refractivity contribution in [1.29, 1.82) is 0 Å². The zero-order chi connectivity index (χ0) is 31.0. The van der Waals surface area contributed by atoms with Gasteiger partial charge in [-0.1, -0.05) is 73.7 Å². The largest absolute Gasteiger partial charge is 0.490 e. The average Bonchev–Trinajstić information content (AvgIpc) is 3.38. The van der Waals surface area contributed by atoms with E-state index in [1.165, 1.54) is 23.3 Å². The van der Waals surface area contributed by atoms with Crippen LogP contribution in [0.2, 0.25) is 0 Å². The van der Waals surface area contributed by atoms with Gasteiger partial charge in [0.15, 0.2) is 0 Å². The second-order valence-corrected chi connectivity index (χ2v) is 13.1. The van der Waals surface area contributed by atoms with Crippen molar-refractivity contribution in [2.75, 3.05) is 0 Å². The van der Waals surface area contributed by atoms with Crippen LogP contribution in [-0.4, -0.2) is 17.1 Å². The third-order valence-corrected chi connectivity index (χ3v) is 10.5. The highest BCUT2D eigenvalue weighted by Gasteiger charge is 2.59. The molecule has 0 N–H and O–H groups in total. The molecule has 2 saturated carbocycles. The van der Waals surface area contributed by atoms with E-state index in [0.29, 0.717) is 30.8 Å². The van der Waals surface area contributed by atoms with Crippen LogP contribution in [0.3, 0.4) is 0 Å². The molecule has 0 unspecified atom stereocenters. The molecule has 4 aromatic carbocycles. The molecule has 3 aliphatic rings. The van der Waals surface area contributed by atoms with Gasteiger partial charge in [-0.15, -0.1) is 0 Å². The summed E-state index contributed by atoms with van der Waals surface area (Å²) in [6.45, 7) is 3.42. The van der Waals surface area contributed by atoms with Gasteiger partial charge in [0, 0.05) is 23.5 Å². The first-order chi connectivity index (χ1) is 21.9. The number of nitrogens with zero attached hydrogens (tertiary/aromatic N) is 1. The van der Waals surface area contributed by atoms with E-state index in [-0.39, 0.29) is 23.5 Å². The van der Waals surface area contributed by atoms with E-state index in [0.717, 1.165) is 55.0 Å². The van der Waals surface area contributed by atoms with Crippen molar-refractivity contribution >= 4 is 5.69 Å². The highest BCUT2D eigenvalue weighted by atomic mass is 19.1. The number of hydrogen-bond donors (Lipinski definition) is 0. The number of nitro groups is 1. The van der Waals surface area contributed by atoms with Crippen molar-refractivity contribution < 1.29 is 23.5 Å². The molecule has 0 bridgehead atoms. The maximum absolute atomic E-state index is 14.7. The van der Waals surface area contributed by atoms with Gasteiger partial charge in [-0.25, -0.2) is 0 Å². The summed E-state index contributed by atoms with van der Waals surface area (Å²) in [4.78, 5) is 10.6. The monoisotopic (exact) mass is 607 g/mol. The Morgan fingerprint density at radius 3 is 2.29 bits per heavy atom. The standard InChI is InChI=1S/C38H38FNO5/c1-38-22-35(45-29-14-18-34(40(41)42)33(39)21-29)37-30-16-13-28(43-23-25-8-4-2-5-9-25)20-27(30)12-15-31(37)32(38)17-19-36(38)44-24-26-10-6-3-7-11-26/h2-11,13-14,16,18,20-21,31-32,35-37H,12,15,17,19,22-24H2,1H3/t31-,32-,35-,36-,37+,38-/m0/s1. The van der Waals surface area contributed by atoms with Crippen LogP contribution in [0, 0.1) is 33.2 Å². The summed E-state index contributed by atoms with van der Waals surface area (Å²) in [5, 5.41) is 11.3. The van der Waals surface area contributed by atoms with Crippen LogP contribution < -0.4 is 9.47 Å². The van der Waals surface area contributed by atoms with Crippen LogP contribution in [0.1, 0.15) is 60.8 Å². The Hall–Kier alpha value is -4.23. The molecule has 7 heteroatoms. The lowest BCUT2D eigenvalue weighted by Gasteiger charge is -2.53. The number of ether oxygens (including phenoxy) is 3. The molecule has 0 saturated heterocycles. The van der Waals surface area contributed by atoms with Crippen LogP contribution in [0.25, 0.3) is 0 Å². The first-order valence-electron chi connectivity index (χ1n) is 15.9. The maximum Gasteiger partial charge on any atom is 0.305 e. The Kier molecular flexibility index (Phi) is 8.04. The maximum atomic E-state index is 14.7. The molecule has 7 rings (SSSR count). The second kappa shape index (κ2) is 12.3. The van der Waals surface area contributed by atoms with Gasteiger partial charge in [0.05, 0.1) is 17.6 Å². The summed E-state index contributed by atoms with van der Waals surface area (Å²) in [6.07, 6.45) is 4.67. The molecule has 0 heterocycles. The fraction of sp³-hybridized carbons (Fsp3) is 0.368. The molecule has 232 valence electrons. The Bertz CT molecular complexity index is 1660. The Balaban J connectivity index is 1.18. The second-order valence-electron chi connectivity index (χ2n) is 13.1. The lowest BCUT2D eigenvalue weighted by atomic mass is 9.54. The Morgan fingerprint density at radius 2 is 1.58 bits per heavy atom. The predicted octanol–water partition coefficient (Wildman–Crippen LogP) is 8.81. The average molecular weight is 608 g/mol. The van der Waals surface area contributed by atoms with Gasteiger partial charge in [-0.3, -0.25) is 10.1 Å². The lowest BCUT2D eigenvalue weighted by Crippen LogP contribution is -2.52. The molecule has 6 nitrogen and oxygen atoms in total. The van der Waals surface area contributed by atoms with Gasteiger partial charge in [0.1, 0.15) is 24.2 Å². The molecule has 6 atom stereocenters. The van der Waals surface area contributed by atoms with E-state index in [1.807, 2.05) is 36.4 Å². The van der Waals surface area contributed by atoms with E-state index >= 15 is 0 Å².